The summed E-state index contributed by atoms with van der Waals surface area (Å²) in [5.74, 6) is 1.32. The first-order chi connectivity index (χ1) is 17.0. The average molecular weight is 578 g/mol. The Balaban J connectivity index is 1.65. The Hall–Kier alpha value is -2.43. The molecule has 0 bridgehead atoms. The summed E-state index contributed by atoms with van der Waals surface area (Å²) in [6.07, 6.45) is 2.06. The fraction of sp³-hybridized carbons (Fsp3) is 0.462. The molecular weight excluding hydrogens is 544 g/mol. The summed E-state index contributed by atoms with van der Waals surface area (Å²) in [6.45, 7) is 8.90. The molecule has 0 unspecified atom stereocenters. The molecule has 1 amide bonds. The van der Waals surface area contributed by atoms with Crippen LogP contribution in [0.4, 0.5) is 11.4 Å². The van der Waals surface area contributed by atoms with E-state index in [1.54, 1.807) is 19.2 Å². The highest BCUT2D eigenvalue weighted by Crippen LogP contribution is 2.32. The third-order valence-corrected chi connectivity index (χ3v) is 8.77. The summed E-state index contributed by atoms with van der Waals surface area (Å²) < 4.78 is 35.8. The van der Waals surface area contributed by atoms with Crippen molar-refractivity contribution in [2.24, 2.45) is 5.92 Å². The number of halogens is 1. The van der Waals surface area contributed by atoms with Crippen molar-refractivity contribution >= 4 is 54.3 Å². The molecule has 2 aromatic carbocycles. The van der Waals surface area contributed by atoms with Gasteiger partial charge in [0.15, 0.2) is 0 Å². The highest BCUT2D eigenvalue weighted by molar-refractivity contribution is 9.09. The van der Waals surface area contributed by atoms with E-state index in [2.05, 4.69) is 46.6 Å². The monoisotopic (exact) mass is 576 g/mol. The molecule has 2 heterocycles. The lowest BCUT2D eigenvalue weighted by atomic mass is 9.94. The first kappa shape index (κ1) is 26.6. The summed E-state index contributed by atoms with van der Waals surface area (Å²) >= 11 is 3.10. The van der Waals surface area contributed by atoms with E-state index in [1.165, 1.54) is 16.4 Å². The summed E-state index contributed by atoms with van der Waals surface area (Å²) in [7, 11) is -2.26. The van der Waals surface area contributed by atoms with Gasteiger partial charge >= 0.3 is 0 Å². The Morgan fingerprint density at radius 2 is 1.83 bits per heavy atom. The zero-order valence-corrected chi connectivity index (χ0v) is 23.5. The highest BCUT2D eigenvalue weighted by Gasteiger charge is 2.27. The molecule has 36 heavy (non-hydrogen) atoms. The van der Waals surface area contributed by atoms with Crippen LogP contribution in [0.3, 0.4) is 0 Å². The van der Waals surface area contributed by atoms with Crippen molar-refractivity contribution in [2.75, 3.05) is 35.2 Å². The number of imidazole rings is 1. The lowest BCUT2D eigenvalue weighted by Gasteiger charge is -2.26. The van der Waals surface area contributed by atoms with Gasteiger partial charge in [-0.25, -0.2) is 13.4 Å². The summed E-state index contributed by atoms with van der Waals surface area (Å²) in [5.41, 5.74) is 2.70. The summed E-state index contributed by atoms with van der Waals surface area (Å²) in [4.78, 5) is 16.7. The molecule has 4 rings (SSSR count). The van der Waals surface area contributed by atoms with Gasteiger partial charge in [0.1, 0.15) is 5.82 Å². The van der Waals surface area contributed by atoms with Gasteiger partial charge in [0.2, 0.25) is 5.91 Å². The van der Waals surface area contributed by atoms with Crippen molar-refractivity contribution < 1.29 is 17.9 Å². The molecule has 10 heteroatoms. The van der Waals surface area contributed by atoms with Crippen LogP contribution in [0.25, 0.3) is 11.0 Å². The van der Waals surface area contributed by atoms with Crippen LogP contribution in [-0.2, 0) is 31.5 Å². The number of sulfonamides is 1. The first-order valence-electron chi connectivity index (χ1n) is 12.0. The number of ether oxygens (including phenoxy) is 1. The molecular formula is C26H33BrN4O4S. The Morgan fingerprint density at radius 3 is 2.44 bits per heavy atom. The van der Waals surface area contributed by atoms with Crippen LogP contribution < -0.4 is 9.62 Å². The topological polar surface area (TPSA) is 93.5 Å². The third kappa shape index (κ3) is 5.60. The molecule has 1 saturated heterocycles. The summed E-state index contributed by atoms with van der Waals surface area (Å²) in [5, 5.41) is 2.85. The first-order valence-corrected chi connectivity index (χ1v) is 14.6. The number of benzene rings is 2. The van der Waals surface area contributed by atoms with Crippen molar-refractivity contribution in [1.82, 2.24) is 9.55 Å². The second-order valence-electron chi connectivity index (χ2n) is 10.2. The Morgan fingerprint density at radius 1 is 1.17 bits per heavy atom. The Kier molecular flexibility index (Phi) is 7.78. The molecule has 0 saturated carbocycles. The van der Waals surface area contributed by atoms with Gasteiger partial charge in [0.05, 0.1) is 26.9 Å². The number of amides is 1. The number of nitrogens with zero attached hydrogens (tertiary/aromatic N) is 3. The quantitative estimate of drug-likeness (QED) is 0.403. The van der Waals surface area contributed by atoms with Gasteiger partial charge in [0, 0.05) is 37.9 Å². The molecule has 3 aromatic rings. The van der Waals surface area contributed by atoms with Gasteiger partial charge in [-0.1, -0.05) is 36.7 Å². The van der Waals surface area contributed by atoms with Crippen LogP contribution >= 0.6 is 15.9 Å². The van der Waals surface area contributed by atoms with Crippen molar-refractivity contribution in [3.8, 4) is 0 Å². The molecule has 1 aromatic heterocycles. The van der Waals surface area contributed by atoms with E-state index >= 15 is 0 Å². The summed E-state index contributed by atoms with van der Waals surface area (Å²) in [6, 6.07) is 11.8. The van der Waals surface area contributed by atoms with Crippen molar-refractivity contribution in [2.45, 2.75) is 50.5 Å². The second-order valence-corrected chi connectivity index (χ2v) is 12.7. The van der Waals surface area contributed by atoms with E-state index in [-0.39, 0.29) is 21.5 Å². The Labute approximate surface area is 221 Å². The number of carbonyl (C=O) groups is 1. The molecule has 1 aliphatic rings. The van der Waals surface area contributed by atoms with Gasteiger partial charge in [-0.3, -0.25) is 9.10 Å². The minimum absolute atomic E-state index is 0.141. The van der Waals surface area contributed by atoms with Gasteiger partial charge in [-0.15, -0.1) is 0 Å². The molecule has 1 fully saturated rings. The van der Waals surface area contributed by atoms with E-state index in [0.717, 1.165) is 49.5 Å². The van der Waals surface area contributed by atoms with Gasteiger partial charge < -0.3 is 14.6 Å². The lowest BCUT2D eigenvalue weighted by molar-refractivity contribution is -0.113. The zero-order valence-electron chi connectivity index (χ0n) is 21.1. The molecule has 0 spiro atoms. The number of nitrogens with one attached hydrogen (secondary N) is 1. The van der Waals surface area contributed by atoms with Crippen molar-refractivity contribution in [3.63, 3.8) is 0 Å². The normalized spacial score (nSPS) is 15.2. The number of aromatic nitrogens is 2. The fourth-order valence-electron chi connectivity index (χ4n) is 4.46. The molecule has 1 aliphatic heterocycles. The highest BCUT2D eigenvalue weighted by atomic mass is 79.9. The second kappa shape index (κ2) is 10.5. The number of fused-ring (bicyclic) bond motifs is 1. The number of alkyl halides is 1. The molecule has 0 atom stereocenters. The third-order valence-electron chi connectivity index (χ3n) is 6.47. The SMILES string of the molecule is CN(c1ccc2c(c1)nc(C(C)(C)C)n2CC1CCOCC1)S(=O)(=O)c1ccc(NC(=O)CBr)cc1. The zero-order chi connectivity index (χ0) is 26.1. The van der Waals surface area contributed by atoms with E-state index in [0.29, 0.717) is 17.3 Å². The Bertz CT molecular complexity index is 1340. The molecule has 194 valence electrons. The van der Waals surface area contributed by atoms with Gasteiger partial charge in [-0.05, 0) is 61.2 Å². The fourth-order valence-corrected chi connectivity index (χ4v) is 5.79. The standard InChI is InChI=1S/C26H33BrN4O4S/c1-26(2,3)25-29-22-15-20(7-10-23(22)31(25)17-18-11-13-35-14-12-18)30(4)36(33,34)21-8-5-19(6-9-21)28-24(32)16-27/h5-10,15,18H,11-14,16-17H2,1-4H3,(H,28,32). The number of anilines is 2. The van der Waals surface area contributed by atoms with Crippen molar-refractivity contribution in [3.05, 3.63) is 48.3 Å². The maximum atomic E-state index is 13.3. The number of rotatable bonds is 7. The lowest BCUT2D eigenvalue weighted by Crippen LogP contribution is -2.26. The van der Waals surface area contributed by atoms with E-state index in [9.17, 15) is 13.2 Å². The van der Waals surface area contributed by atoms with Crippen LogP contribution in [-0.4, -0.2) is 49.5 Å². The minimum Gasteiger partial charge on any atom is -0.381 e. The number of hydrogen-bond donors (Lipinski definition) is 1. The minimum atomic E-state index is -3.80. The molecule has 0 radical (unpaired) electrons. The van der Waals surface area contributed by atoms with Crippen molar-refractivity contribution in [1.29, 1.82) is 0 Å². The number of hydrogen-bond acceptors (Lipinski definition) is 5. The average Bonchev–Trinajstić information content (AvgIpc) is 3.22. The smallest absolute Gasteiger partial charge is 0.264 e. The van der Waals surface area contributed by atoms with Gasteiger partial charge in [-0.2, -0.15) is 0 Å². The largest absolute Gasteiger partial charge is 0.381 e. The van der Waals surface area contributed by atoms with Crippen LogP contribution in [0.2, 0.25) is 0 Å². The van der Waals surface area contributed by atoms with Crippen LogP contribution in [0.1, 0.15) is 39.4 Å². The van der Waals surface area contributed by atoms with E-state index < -0.39 is 10.0 Å². The maximum absolute atomic E-state index is 13.3. The van der Waals surface area contributed by atoms with Crippen LogP contribution in [0.5, 0.6) is 0 Å². The van der Waals surface area contributed by atoms with Gasteiger partial charge in [0.25, 0.3) is 10.0 Å². The predicted molar refractivity (Wildman–Crippen MR) is 146 cm³/mol. The van der Waals surface area contributed by atoms with E-state index in [1.807, 2.05) is 18.2 Å². The molecule has 0 aliphatic carbocycles. The maximum Gasteiger partial charge on any atom is 0.264 e. The van der Waals surface area contributed by atoms with Crippen LogP contribution in [0, 0.1) is 5.92 Å². The number of carbonyl (C=O) groups excluding carboxylic acids is 1. The predicted octanol–water partition coefficient (Wildman–Crippen LogP) is 4.92. The van der Waals surface area contributed by atoms with E-state index in [4.69, 9.17) is 9.72 Å². The molecule has 8 nitrogen and oxygen atoms in total. The van der Waals surface area contributed by atoms with Crippen LogP contribution in [0.15, 0.2) is 47.4 Å². The molecule has 1 N–H and O–H groups in total.